The lowest BCUT2D eigenvalue weighted by Gasteiger charge is -2.21. The summed E-state index contributed by atoms with van der Waals surface area (Å²) in [5, 5.41) is 0. The molecule has 0 amide bonds. The van der Waals surface area contributed by atoms with E-state index in [2.05, 4.69) is 12.1 Å². The molecule has 4 nitrogen and oxygen atoms in total. The number of hydrogen-bond acceptors (Lipinski definition) is 4. The molecule has 0 atom stereocenters. The third-order valence-corrected chi connectivity index (χ3v) is 5.84. The van der Waals surface area contributed by atoms with Gasteiger partial charge < -0.3 is 4.74 Å². The highest BCUT2D eigenvalue weighted by Crippen LogP contribution is 2.41. The molecule has 1 heterocycles. The fraction of sp³-hybridized carbons (Fsp3) is 0.269. The summed E-state index contributed by atoms with van der Waals surface area (Å²) in [5.41, 5.74) is 6.49. The van der Waals surface area contributed by atoms with Gasteiger partial charge in [-0.2, -0.15) is 0 Å². The van der Waals surface area contributed by atoms with E-state index in [-0.39, 0.29) is 11.5 Å². The number of benzene rings is 2. The number of carbonyl (C=O) groups is 2. The average Bonchev–Trinajstić information content (AvgIpc) is 2.97. The molecular formula is C26H24FNO3. The van der Waals surface area contributed by atoms with Crippen LogP contribution in [0.1, 0.15) is 63.7 Å². The Kier molecular flexibility index (Phi) is 5.68. The number of hydrogen-bond donors (Lipinski definition) is 0. The van der Waals surface area contributed by atoms with Crippen molar-refractivity contribution in [2.45, 2.75) is 39.0 Å². The smallest absolute Gasteiger partial charge is 0.340 e. The summed E-state index contributed by atoms with van der Waals surface area (Å²) in [6.45, 7) is 4.00. The molecule has 0 bridgehead atoms. The summed E-state index contributed by atoms with van der Waals surface area (Å²) in [4.78, 5) is 29.4. The fourth-order valence-corrected chi connectivity index (χ4v) is 4.38. The van der Waals surface area contributed by atoms with Gasteiger partial charge in [0.15, 0.2) is 6.29 Å². The predicted molar refractivity (Wildman–Crippen MR) is 118 cm³/mol. The van der Waals surface area contributed by atoms with Crippen molar-refractivity contribution in [3.63, 3.8) is 0 Å². The normalized spacial score (nSPS) is 12.7. The number of halogens is 1. The van der Waals surface area contributed by atoms with Crippen LogP contribution in [-0.2, 0) is 17.6 Å². The molecule has 0 N–H and O–H groups in total. The number of carbonyl (C=O) groups excluding carboxylic acids is 2. The number of fused-ring (bicyclic) bond motifs is 3. The molecule has 0 saturated heterocycles. The maximum atomic E-state index is 14.3. The van der Waals surface area contributed by atoms with Crippen LogP contribution in [0, 0.1) is 5.82 Å². The third-order valence-electron chi connectivity index (χ3n) is 5.84. The molecule has 0 fully saturated rings. The van der Waals surface area contributed by atoms with E-state index in [0.29, 0.717) is 16.8 Å². The van der Waals surface area contributed by atoms with Crippen molar-refractivity contribution in [2.24, 2.45) is 0 Å². The van der Waals surface area contributed by atoms with Crippen molar-refractivity contribution in [1.82, 2.24) is 4.98 Å². The zero-order valence-corrected chi connectivity index (χ0v) is 17.9. The van der Waals surface area contributed by atoms with Crippen molar-refractivity contribution in [3.8, 4) is 22.4 Å². The summed E-state index contributed by atoms with van der Waals surface area (Å²) in [6.07, 6.45) is 3.38. The largest absolute Gasteiger partial charge is 0.465 e. The van der Waals surface area contributed by atoms with Gasteiger partial charge in [-0.05, 0) is 59.6 Å². The van der Waals surface area contributed by atoms with Gasteiger partial charge in [-0.3, -0.25) is 9.78 Å². The molecule has 0 saturated carbocycles. The van der Waals surface area contributed by atoms with Crippen LogP contribution in [-0.4, -0.2) is 24.3 Å². The van der Waals surface area contributed by atoms with Crippen LogP contribution in [0.3, 0.4) is 0 Å². The number of nitrogens with zero attached hydrogens (tertiary/aromatic N) is 1. The highest BCUT2D eigenvalue weighted by atomic mass is 19.1. The zero-order chi connectivity index (χ0) is 22.1. The highest BCUT2D eigenvalue weighted by Gasteiger charge is 2.26. The molecule has 31 heavy (non-hydrogen) atoms. The molecule has 0 radical (unpaired) electrons. The molecule has 1 aliphatic carbocycles. The molecular weight excluding hydrogens is 393 g/mol. The number of esters is 1. The molecule has 1 aromatic heterocycles. The Hall–Kier alpha value is -3.34. The van der Waals surface area contributed by atoms with Gasteiger partial charge in [0.25, 0.3) is 0 Å². The first-order chi connectivity index (χ1) is 15.0. The summed E-state index contributed by atoms with van der Waals surface area (Å²) < 4.78 is 19.1. The van der Waals surface area contributed by atoms with E-state index in [1.807, 2.05) is 26.0 Å². The van der Waals surface area contributed by atoms with Gasteiger partial charge in [-0.15, -0.1) is 0 Å². The number of aldehydes is 1. The van der Waals surface area contributed by atoms with Crippen molar-refractivity contribution >= 4 is 12.3 Å². The van der Waals surface area contributed by atoms with Gasteiger partial charge in [0.1, 0.15) is 5.82 Å². The second-order valence-corrected chi connectivity index (χ2v) is 8.08. The molecule has 5 heteroatoms. The number of pyridine rings is 1. The molecule has 0 spiro atoms. The molecule has 0 unspecified atom stereocenters. The second kappa shape index (κ2) is 8.42. The molecule has 158 valence electrons. The van der Waals surface area contributed by atoms with Crippen LogP contribution in [0.15, 0.2) is 42.5 Å². The number of methoxy groups -OCH3 is 1. The lowest BCUT2D eigenvalue weighted by Crippen LogP contribution is -2.10. The first kappa shape index (κ1) is 20.9. The molecule has 3 aromatic rings. The summed E-state index contributed by atoms with van der Waals surface area (Å²) in [6, 6.07) is 12.5. The Labute approximate surface area is 181 Å². The number of rotatable bonds is 4. The number of aromatic nitrogens is 1. The Bertz CT molecular complexity index is 1180. The predicted octanol–water partition coefficient (Wildman–Crippen LogP) is 5.77. The minimum absolute atomic E-state index is 0.0141. The van der Waals surface area contributed by atoms with E-state index >= 15 is 0 Å². The summed E-state index contributed by atoms with van der Waals surface area (Å²) in [7, 11) is 1.22. The first-order valence-electron chi connectivity index (χ1n) is 10.4. The maximum absolute atomic E-state index is 14.3. The molecule has 0 aliphatic heterocycles. The van der Waals surface area contributed by atoms with E-state index in [0.717, 1.165) is 47.9 Å². The van der Waals surface area contributed by atoms with Gasteiger partial charge in [0.05, 0.1) is 24.1 Å². The Morgan fingerprint density at radius 2 is 1.94 bits per heavy atom. The molecule has 4 rings (SSSR count). The summed E-state index contributed by atoms with van der Waals surface area (Å²) >= 11 is 0. The molecule has 1 aliphatic rings. The fourth-order valence-electron chi connectivity index (χ4n) is 4.38. The average molecular weight is 417 g/mol. The van der Waals surface area contributed by atoms with Crippen molar-refractivity contribution in [3.05, 3.63) is 76.2 Å². The Morgan fingerprint density at radius 3 is 2.65 bits per heavy atom. The van der Waals surface area contributed by atoms with Crippen LogP contribution in [0.2, 0.25) is 0 Å². The first-order valence-corrected chi connectivity index (χ1v) is 10.4. The van der Waals surface area contributed by atoms with E-state index < -0.39 is 11.8 Å². The van der Waals surface area contributed by atoms with Gasteiger partial charge in [0.2, 0.25) is 0 Å². The van der Waals surface area contributed by atoms with E-state index in [9.17, 15) is 14.0 Å². The van der Waals surface area contributed by atoms with Crippen molar-refractivity contribution in [1.29, 1.82) is 0 Å². The second-order valence-electron chi connectivity index (χ2n) is 8.08. The van der Waals surface area contributed by atoms with Gasteiger partial charge in [-0.1, -0.05) is 44.2 Å². The van der Waals surface area contributed by atoms with Crippen LogP contribution in [0.4, 0.5) is 4.39 Å². The molecule has 2 aromatic carbocycles. The number of ether oxygens (including phenoxy) is 1. The van der Waals surface area contributed by atoms with Crippen LogP contribution in [0.25, 0.3) is 22.4 Å². The zero-order valence-electron chi connectivity index (χ0n) is 17.9. The van der Waals surface area contributed by atoms with E-state index in [4.69, 9.17) is 9.72 Å². The maximum Gasteiger partial charge on any atom is 0.340 e. The van der Waals surface area contributed by atoms with E-state index in [1.54, 1.807) is 6.07 Å². The van der Waals surface area contributed by atoms with Crippen molar-refractivity contribution in [2.75, 3.05) is 7.11 Å². The quantitative estimate of drug-likeness (QED) is 0.400. The highest BCUT2D eigenvalue weighted by molar-refractivity contribution is 5.96. The van der Waals surface area contributed by atoms with Crippen LogP contribution < -0.4 is 0 Å². The van der Waals surface area contributed by atoms with Gasteiger partial charge in [0, 0.05) is 11.1 Å². The Balaban J connectivity index is 2.09. The minimum atomic E-state index is -0.749. The Morgan fingerprint density at radius 1 is 1.16 bits per heavy atom. The summed E-state index contributed by atoms with van der Waals surface area (Å²) in [5.74, 6) is -1.39. The minimum Gasteiger partial charge on any atom is -0.465 e. The topological polar surface area (TPSA) is 56.3 Å². The number of aryl methyl sites for hydroxylation is 1. The van der Waals surface area contributed by atoms with Gasteiger partial charge >= 0.3 is 5.97 Å². The lowest BCUT2D eigenvalue weighted by atomic mass is 9.87. The van der Waals surface area contributed by atoms with Crippen molar-refractivity contribution < 1.29 is 18.7 Å². The third kappa shape index (κ3) is 3.65. The van der Waals surface area contributed by atoms with Crippen LogP contribution >= 0.6 is 0 Å². The van der Waals surface area contributed by atoms with Gasteiger partial charge in [-0.25, -0.2) is 9.18 Å². The SMILES string of the molecule is COC(=O)c1cc(-c2c(C=O)c(C(C)C)nc3c2CCCc2ccccc2-3)ccc1F. The standard InChI is InChI=1S/C26H24FNO3/c1-15(2)24-21(14-29)23(17-11-12-22(27)20(13-17)26(30)31-3)19-10-6-8-16-7-4-5-9-18(16)25(19)28-24/h4-5,7,9,11-15H,6,8,10H2,1-3H3. The van der Waals surface area contributed by atoms with Crippen LogP contribution in [0.5, 0.6) is 0 Å². The van der Waals surface area contributed by atoms with E-state index in [1.165, 1.54) is 24.8 Å². The monoisotopic (exact) mass is 417 g/mol. The lowest BCUT2D eigenvalue weighted by molar-refractivity contribution is 0.0595.